The molecule has 0 aliphatic carbocycles. The van der Waals surface area contributed by atoms with E-state index in [1.165, 1.54) is 0 Å². The molecule has 1 unspecified atom stereocenters. The summed E-state index contributed by atoms with van der Waals surface area (Å²) in [5, 5.41) is -0.400. The van der Waals surface area contributed by atoms with E-state index in [1.54, 1.807) is 0 Å². The van der Waals surface area contributed by atoms with Gasteiger partial charge >= 0.3 is 0 Å². The largest absolute Gasteiger partial charge is 0.307 e. The molecular formula is C12H14N2O2S. The van der Waals surface area contributed by atoms with E-state index in [9.17, 15) is 8.42 Å². The topological polar surface area (TPSA) is 51.4 Å². The standard InChI is InChI=1S/C12H14N2O2S/c1-9-4-5-14-8-10(13-12(14)7-9)11-3-2-6-17(11,15)16/h4-5,7-8,11H,2-3,6H2,1H3. The maximum atomic E-state index is 11.9. The molecule has 0 saturated carbocycles. The van der Waals surface area contributed by atoms with Crippen molar-refractivity contribution >= 4 is 15.5 Å². The van der Waals surface area contributed by atoms with Gasteiger partial charge in [0.2, 0.25) is 0 Å². The van der Waals surface area contributed by atoms with E-state index in [2.05, 4.69) is 4.98 Å². The molecule has 0 amide bonds. The highest BCUT2D eigenvalue weighted by Crippen LogP contribution is 2.33. The highest BCUT2D eigenvalue weighted by molar-refractivity contribution is 7.91. The van der Waals surface area contributed by atoms with Crippen LogP contribution in [0.2, 0.25) is 0 Å². The highest BCUT2D eigenvalue weighted by atomic mass is 32.2. The lowest BCUT2D eigenvalue weighted by Crippen LogP contribution is -2.08. The van der Waals surface area contributed by atoms with Gasteiger partial charge in [-0.05, 0) is 37.5 Å². The molecule has 2 aromatic heterocycles. The average molecular weight is 250 g/mol. The van der Waals surface area contributed by atoms with Crippen LogP contribution in [0.5, 0.6) is 0 Å². The van der Waals surface area contributed by atoms with Crippen LogP contribution in [0, 0.1) is 6.92 Å². The van der Waals surface area contributed by atoms with E-state index in [-0.39, 0.29) is 0 Å². The molecule has 2 aromatic rings. The number of hydrogen-bond donors (Lipinski definition) is 0. The Balaban J connectivity index is 2.12. The van der Waals surface area contributed by atoms with Gasteiger partial charge < -0.3 is 4.40 Å². The normalized spacial score (nSPS) is 23.2. The quantitative estimate of drug-likeness (QED) is 0.776. The fourth-order valence-electron chi connectivity index (χ4n) is 2.38. The number of rotatable bonds is 1. The third-order valence-electron chi connectivity index (χ3n) is 3.29. The fourth-order valence-corrected chi connectivity index (χ4v) is 4.24. The van der Waals surface area contributed by atoms with Crippen LogP contribution in [0.15, 0.2) is 24.5 Å². The van der Waals surface area contributed by atoms with Crippen molar-refractivity contribution in [3.05, 3.63) is 35.8 Å². The highest BCUT2D eigenvalue weighted by Gasteiger charge is 2.34. The number of aromatic nitrogens is 2. The molecule has 1 saturated heterocycles. The molecule has 17 heavy (non-hydrogen) atoms. The summed E-state index contributed by atoms with van der Waals surface area (Å²) in [6, 6.07) is 3.95. The molecule has 5 heteroatoms. The second-order valence-corrected chi connectivity index (χ2v) is 6.94. The maximum absolute atomic E-state index is 11.9. The van der Waals surface area contributed by atoms with Gasteiger partial charge in [0.15, 0.2) is 9.84 Å². The summed E-state index contributed by atoms with van der Waals surface area (Å²) in [7, 11) is -2.97. The van der Waals surface area contributed by atoms with E-state index in [1.807, 2.05) is 35.9 Å². The van der Waals surface area contributed by atoms with Crippen molar-refractivity contribution in [2.45, 2.75) is 25.0 Å². The number of fused-ring (bicyclic) bond motifs is 1. The van der Waals surface area contributed by atoms with Crippen molar-refractivity contribution in [3.63, 3.8) is 0 Å². The van der Waals surface area contributed by atoms with E-state index in [0.717, 1.165) is 17.6 Å². The van der Waals surface area contributed by atoms with Gasteiger partial charge in [-0.15, -0.1) is 0 Å². The van der Waals surface area contributed by atoms with Crippen molar-refractivity contribution in [2.24, 2.45) is 0 Å². The van der Waals surface area contributed by atoms with Crippen molar-refractivity contribution in [2.75, 3.05) is 5.75 Å². The minimum Gasteiger partial charge on any atom is -0.307 e. The van der Waals surface area contributed by atoms with Gasteiger partial charge in [-0.2, -0.15) is 0 Å². The molecule has 3 heterocycles. The predicted octanol–water partition coefficient (Wildman–Crippen LogP) is 1.89. The Kier molecular flexibility index (Phi) is 2.26. The van der Waals surface area contributed by atoms with Crippen LogP contribution in [0.4, 0.5) is 0 Å². The Morgan fingerprint density at radius 2 is 2.29 bits per heavy atom. The third-order valence-corrected chi connectivity index (χ3v) is 5.49. The Bertz CT molecular complexity index is 673. The van der Waals surface area contributed by atoms with Crippen LogP contribution < -0.4 is 0 Å². The van der Waals surface area contributed by atoms with E-state index in [0.29, 0.717) is 17.9 Å². The van der Waals surface area contributed by atoms with E-state index in [4.69, 9.17) is 0 Å². The zero-order valence-electron chi connectivity index (χ0n) is 9.63. The summed E-state index contributed by atoms with van der Waals surface area (Å²) >= 11 is 0. The number of nitrogens with zero attached hydrogens (tertiary/aromatic N) is 2. The summed E-state index contributed by atoms with van der Waals surface area (Å²) < 4.78 is 25.6. The SMILES string of the molecule is Cc1ccn2cc(C3CCCS3(=O)=O)nc2c1. The minimum atomic E-state index is -2.97. The Labute approximate surface area is 100 Å². The number of sulfone groups is 1. The van der Waals surface area contributed by atoms with Gasteiger partial charge in [-0.3, -0.25) is 0 Å². The molecule has 0 aromatic carbocycles. The predicted molar refractivity (Wildman–Crippen MR) is 65.7 cm³/mol. The van der Waals surface area contributed by atoms with Crippen LogP contribution in [0.1, 0.15) is 29.3 Å². The van der Waals surface area contributed by atoms with E-state index >= 15 is 0 Å². The molecule has 3 rings (SSSR count). The Morgan fingerprint density at radius 3 is 3.00 bits per heavy atom. The van der Waals surface area contributed by atoms with Gasteiger partial charge in [0, 0.05) is 12.4 Å². The molecule has 0 spiro atoms. The second-order valence-electron chi connectivity index (χ2n) is 4.63. The summed E-state index contributed by atoms with van der Waals surface area (Å²) in [5.41, 5.74) is 2.64. The van der Waals surface area contributed by atoms with Gasteiger partial charge in [0.1, 0.15) is 10.9 Å². The third kappa shape index (κ3) is 1.74. The zero-order valence-corrected chi connectivity index (χ0v) is 10.4. The fraction of sp³-hybridized carbons (Fsp3) is 0.417. The molecule has 4 nitrogen and oxygen atoms in total. The number of aryl methyl sites for hydroxylation is 1. The first-order valence-corrected chi connectivity index (χ1v) is 7.45. The van der Waals surface area contributed by atoms with Crippen molar-refractivity contribution in [1.82, 2.24) is 9.38 Å². The van der Waals surface area contributed by atoms with Crippen molar-refractivity contribution in [1.29, 1.82) is 0 Å². The molecule has 0 radical (unpaired) electrons. The molecule has 1 atom stereocenters. The summed E-state index contributed by atoms with van der Waals surface area (Å²) in [4.78, 5) is 4.43. The van der Waals surface area contributed by atoms with Gasteiger partial charge in [0.05, 0.1) is 11.4 Å². The zero-order chi connectivity index (χ0) is 12.0. The summed E-state index contributed by atoms with van der Waals surface area (Å²) in [5.74, 6) is 0.296. The lowest BCUT2D eigenvalue weighted by molar-refractivity contribution is 0.591. The summed E-state index contributed by atoms with van der Waals surface area (Å²) in [6.07, 6.45) is 5.20. The molecule has 1 aliphatic heterocycles. The van der Waals surface area contributed by atoms with Crippen LogP contribution >= 0.6 is 0 Å². The molecule has 90 valence electrons. The number of hydrogen-bond acceptors (Lipinski definition) is 3. The Hall–Kier alpha value is -1.36. The van der Waals surface area contributed by atoms with Crippen molar-refractivity contribution in [3.8, 4) is 0 Å². The lowest BCUT2D eigenvalue weighted by atomic mass is 10.2. The first kappa shape index (κ1) is 10.8. The van der Waals surface area contributed by atoms with Crippen LogP contribution in [-0.2, 0) is 9.84 Å². The van der Waals surface area contributed by atoms with Crippen molar-refractivity contribution < 1.29 is 8.42 Å². The molecule has 1 fully saturated rings. The minimum absolute atomic E-state index is 0.296. The molecule has 0 bridgehead atoms. The first-order chi connectivity index (χ1) is 8.06. The Morgan fingerprint density at radius 1 is 1.47 bits per heavy atom. The van der Waals surface area contributed by atoms with Crippen LogP contribution in [0.3, 0.4) is 0 Å². The number of pyridine rings is 1. The summed E-state index contributed by atoms with van der Waals surface area (Å²) in [6.45, 7) is 2.00. The molecular weight excluding hydrogens is 236 g/mol. The maximum Gasteiger partial charge on any atom is 0.158 e. The van der Waals surface area contributed by atoms with Gasteiger partial charge in [-0.25, -0.2) is 13.4 Å². The first-order valence-electron chi connectivity index (χ1n) is 5.73. The molecule has 0 N–H and O–H groups in total. The second kappa shape index (κ2) is 3.57. The van der Waals surface area contributed by atoms with E-state index < -0.39 is 15.1 Å². The molecule has 1 aliphatic rings. The monoisotopic (exact) mass is 250 g/mol. The van der Waals surface area contributed by atoms with Gasteiger partial charge in [0.25, 0.3) is 0 Å². The van der Waals surface area contributed by atoms with Crippen LogP contribution in [0.25, 0.3) is 5.65 Å². The number of imidazole rings is 1. The van der Waals surface area contributed by atoms with Crippen LogP contribution in [-0.4, -0.2) is 23.6 Å². The average Bonchev–Trinajstić information content (AvgIpc) is 2.79. The van der Waals surface area contributed by atoms with Gasteiger partial charge in [-0.1, -0.05) is 0 Å². The lowest BCUT2D eigenvalue weighted by Gasteiger charge is -2.03. The smallest absolute Gasteiger partial charge is 0.158 e.